The molecule has 0 radical (unpaired) electrons. The molecule has 18 heavy (non-hydrogen) atoms. The molecule has 0 atom stereocenters. The minimum atomic E-state index is -0.0639. The summed E-state index contributed by atoms with van der Waals surface area (Å²) in [5, 5.41) is 13.1. The maximum absolute atomic E-state index is 9.10. The summed E-state index contributed by atoms with van der Waals surface area (Å²) in [6.07, 6.45) is 2.10. The standard InChI is InChI=1S/C13H23N3O2/c1-13(2,3)12-14-11(18-15-12)8-16-6-4-10(9-17)5-7-16/h10,17H,4-9H2,1-3H3. The largest absolute Gasteiger partial charge is 0.396 e. The van der Waals surface area contributed by atoms with Gasteiger partial charge in [-0.05, 0) is 31.8 Å². The first-order valence-corrected chi connectivity index (χ1v) is 6.65. The van der Waals surface area contributed by atoms with Gasteiger partial charge in [0.05, 0.1) is 6.54 Å². The molecule has 1 N–H and O–H groups in total. The molecule has 0 spiro atoms. The number of aliphatic hydroxyl groups excluding tert-OH is 1. The van der Waals surface area contributed by atoms with E-state index in [4.69, 9.17) is 9.63 Å². The summed E-state index contributed by atoms with van der Waals surface area (Å²) in [4.78, 5) is 6.76. The number of hydrogen-bond acceptors (Lipinski definition) is 5. The average Bonchev–Trinajstić information content (AvgIpc) is 2.78. The van der Waals surface area contributed by atoms with Gasteiger partial charge in [0.1, 0.15) is 0 Å². The average molecular weight is 253 g/mol. The van der Waals surface area contributed by atoms with Gasteiger partial charge in [-0.25, -0.2) is 0 Å². The van der Waals surface area contributed by atoms with E-state index in [9.17, 15) is 0 Å². The summed E-state index contributed by atoms with van der Waals surface area (Å²) in [7, 11) is 0. The SMILES string of the molecule is CC(C)(C)c1noc(CN2CCC(CO)CC2)n1. The zero-order chi connectivity index (χ0) is 13.2. The number of aliphatic hydroxyl groups is 1. The van der Waals surface area contributed by atoms with Crippen molar-refractivity contribution in [3.05, 3.63) is 11.7 Å². The van der Waals surface area contributed by atoms with E-state index in [1.807, 2.05) is 0 Å². The Morgan fingerprint density at radius 1 is 1.33 bits per heavy atom. The van der Waals surface area contributed by atoms with Gasteiger partial charge in [-0.1, -0.05) is 25.9 Å². The Hall–Kier alpha value is -0.940. The fraction of sp³-hybridized carbons (Fsp3) is 0.846. The monoisotopic (exact) mass is 253 g/mol. The van der Waals surface area contributed by atoms with Gasteiger partial charge < -0.3 is 9.63 Å². The summed E-state index contributed by atoms with van der Waals surface area (Å²) in [6.45, 7) is 9.26. The van der Waals surface area contributed by atoms with Gasteiger partial charge in [0, 0.05) is 12.0 Å². The van der Waals surface area contributed by atoms with E-state index >= 15 is 0 Å². The Bertz CT molecular complexity index is 376. The molecule has 1 aromatic heterocycles. The van der Waals surface area contributed by atoms with Gasteiger partial charge in [0.15, 0.2) is 5.82 Å². The molecule has 1 fully saturated rings. The highest BCUT2D eigenvalue weighted by molar-refractivity contribution is 4.99. The van der Waals surface area contributed by atoms with Crippen molar-refractivity contribution in [1.29, 1.82) is 0 Å². The Kier molecular flexibility index (Phi) is 4.02. The van der Waals surface area contributed by atoms with Gasteiger partial charge in [0.25, 0.3) is 0 Å². The van der Waals surface area contributed by atoms with Gasteiger partial charge in [-0.3, -0.25) is 4.90 Å². The zero-order valence-electron chi connectivity index (χ0n) is 11.5. The van der Waals surface area contributed by atoms with Crippen LogP contribution in [0.4, 0.5) is 0 Å². The first-order valence-electron chi connectivity index (χ1n) is 6.65. The molecule has 0 aliphatic carbocycles. The number of hydrogen-bond donors (Lipinski definition) is 1. The first kappa shape index (κ1) is 13.5. The van der Waals surface area contributed by atoms with Crippen LogP contribution in [-0.2, 0) is 12.0 Å². The summed E-state index contributed by atoms with van der Waals surface area (Å²) in [5.74, 6) is 1.93. The molecule has 5 nitrogen and oxygen atoms in total. The van der Waals surface area contributed by atoms with Crippen LogP contribution in [0.25, 0.3) is 0 Å². The van der Waals surface area contributed by atoms with Crippen molar-refractivity contribution in [2.24, 2.45) is 5.92 Å². The molecule has 0 saturated carbocycles. The smallest absolute Gasteiger partial charge is 0.240 e. The van der Waals surface area contributed by atoms with Crippen molar-refractivity contribution < 1.29 is 9.63 Å². The Morgan fingerprint density at radius 3 is 2.50 bits per heavy atom. The highest BCUT2D eigenvalue weighted by atomic mass is 16.5. The number of aromatic nitrogens is 2. The predicted molar refractivity (Wildman–Crippen MR) is 68.1 cm³/mol. The molecular formula is C13H23N3O2. The Labute approximate surface area is 108 Å². The van der Waals surface area contributed by atoms with E-state index < -0.39 is 0 Å². The predicted octanol–water partition coefficient (Wildman–Crippen LogP) is 1.57. The van der Waals surface area contributed by atoms with E-state index in [0.717, 1.165) is 38.3 Å². The molecule has 1 aromatic rings. The second kappa shape index (κ2) is 5.36. The molecule has 0 aromatic carbocycles. The van der Waals surface area contributed by atoms with Crippen LogP contribution < -0.4 is 0 Å². The number of nitrogens with zero attached hydrogens (tertiary/aromatic N) is 3. The zero-order valence-corrected chi connectivity index (χ0v) is 11.5. The van der Waals surface area contributed by atoms with Crippen LogP contribution in [0.5, 0.6) is 0 Å². The van der Waals surface area contributed by atoms with Crippen molar-refractivity contribution in [3.8, 4) is 0 Å². The van der Waals surface area contributed by atoms with Gasteiger partial charge in [0.2, 0.25) is 5.89 Å². The van der Waals surface area contributed by atoms with Crippen LogP contribution in [0.2, 0.25) is 0 Å². The number of rotatable bonds is 3. The van der Waals surface area contributed by atoms with Crippen molar-refractivity contribution in [1.82, 2.24) is 15.0 Å². The van der Waals surface area contributed by atoms with Crippen molar-refractivity contribution in [3.63, 3.8) is 0 Å². The molecule has 102 valence electrons. The first-order chi connectivity index (χ1) is 8.49. The summed E-state index contributed by atoms with van der Waals surface area (Å²) in [6, 6.07) is 0. The van der Waals surface area contributed by atoms with Crippen LogP contribution in [0.3, 0.4) is 0 Å². The number of likely N-dealkylation sites (tertiary alicyclic amines) is 1. The topological polar surface area (TPSA) is 62.4 Å². The van der Waals surface area contributed by atoms with Gasteiger partial charge >= 0.3 is 0 Å². The van der Waals surface area contributed by atoms with Crippen LogP contribution in [0.15, 0.2) is 4.52 Å². The second-order valence-corrected chi connectivity index (χ2v) is 6.16. The summed E-state index contributed by atoms with van der Waals surface area (Å²) < 4.78 is 5.29. The molecule has 1 aliphatic rings. The van der Waals surface area contributed by atoms with Crippen LogP contribution in [-0.4, -0.2) is 39.8 Å². The third-order valence-electron chi connectivity index (χ3n) is 3.46. The highest BCUT2D eigenvalue weighted by Crippen LogP contribution is 2.21. The minimum Gasteiger partial charge on any atom is -0.396 e. The van der Waals surface area contributed by atoms with Crippen LogP contribution in [0.1, 0.15) is 45.3 Å². The summed E-state index contributed by atoms with van der Waals surface area (Å²) in [5.41, 5.74) is -0.0639. The molecule has 0 bridgehead atoms. The third kappa shape index (κ3) is 3.29. The van der Waals surface area contributed by atoms with E-state index in [-0.39, 0.29) is 5.41 Å². The maximum atomic E-state index is 9.10. The van der Waals surface area contributed by atoms with E-state index in [0.29, 0.717) is 18.4 Å². The van der Waals surface area contributed by atoms with Crippen molar-refractivity contribution >= 4 is 0 Å². The molecule has 2 heterocycles. The van der Waals surface area contributed by atoms with Crippen LogP contribution >= 0.6 is 0 Å². The Balaban J connectivity index is 1.89. The molecular weight excluding hydrogens is 230 g/mol. The molecule has 5 heteroatoms. The molecule has 1 aliphatic heterocycles. The Morgan fingerprint density at radius 2 is 2.00 bits per heavy atom. The maximum Gasteiger partial charge on any atom is 0.240 e. The molecule has 0 amide bonds. The lowest BCUT2D eigenvalue weighted by atomic mass is 9.96. The highest BCUT2D eigenvalue weighted by Gasteiger charge is 2.23. The third-order valence-corrected chi connectivity index (χ3v) is 3.46. The van der Waals surface area contributed by atoms with Gasteiger partial charge in [-0.15, -0.1) is 0 Å². The van der Waals surface area contributed by atoms with E-state index in [2.05, 4.69) is 35.8 Å². The summed E-state index contributed by atoms with van der Waals surface area (Å²) >= 11 is 0. The lowest BCUT2D eigenvalue weighted by Crippen LogP contribution is -2.34. The molecule has 1 saturated heterocycles. The second-order valence-electron chi connectivity index (χ2n) is 6.16. The normalized spacial score (nSPS) is 19.3. The quantitative estimate of drug-likeness (QED) is 0.886. The lowest BCUT2D eigenvalue weighted by Gasteiger charge is -2.29. The fourth-order valence-corrected chi connectivity index (χ4v) is 2.14. The lowest BCUT2D eigenvalue weighted by molar-refractivity contribution is 0.119. The molecule has 2 rings (SSSR count). The fourth-order valence-electron chi connectivity index (χ4n) is 2.14. The minimum absolute atomic E-state index is 0.0639. The van der Waals surface area contributed by atoms with Crippen molar-refractivity contribution in [2.45, 2.75) is 45.6 Å². The molecule has 0 unspecified atom stereocenters. The van der Waals surface area contributed by atoms with Crippen molar-refractivity contribution in [2.75, 3.05) is 19.7 Å². The van der Waals surface area contributed by atoms with Crippen LogP contribution in [0, 0.1) is 5.92 Å². The van der Waals surface area contributed by atoms with E-state index in [1.165, 1.54) is 0 Å². The van der Waals surface area contributed by atoms with E-state index in [1.54, 1.807) is 0 Å². The number of piperidine rings is 1. The van der Waals surface area contributed by atoms with Gasteiger partial charge in [-0.2, -0.15) is 4.98 Å².